The minimum absolute atomic E-state index is 0.346. The number of hydrogen-bond acceptors (Lipinski definition) is 5. The van der Waals surface area contributed by atoms with E-state index in [1.54, 1.807) is 66.7 Å². The molecule has 0 spiro atoms. The van der Waals surface area contributed by atoms with Gasteiger partial charge in [0.1, 0.15) is 18.9 Å². The zero-order valence-corrected chi connectivity index (χ0v) is 17.9. The summed E-state index contributed by atoms with van der Waals surface area (Å²) >= 11 is -2.39. The van der Waals surface area contributed by atoms with Crippen LogP contribution in [0.1, 0.15) is 21.5 Å². The number of carbonyl (C=O) groups excluding carboxylic acids is 1. The van der Waals surface area contributed by atoms with Crippen molar-refractivity contribution in [3.8, 4) is 23.3 Å². The Balaban J connectivity index is 1.73. The zero-order chi connectivity index (χ0) is 22.5. The summed E-state index contributed by atoms with van der Waals surface area (Å²) in [5.74, 6) is 6.57. The second-order valence-corrected chi connectivity index (χ2v) is 7.49. The molecule has 1 atom stereocenters. The average Bonchev–Trinajstić information content (AvgIpc) is 2.83. The lowest BCUT2D eigenvalue weighted by Gasteiger charge is -2.27. The number of carbonyl (C=O) groups is 1. The van der Waals surface area contributed by atoms with Gasteiger partial charge in [-0.2, -0.15) is 0 Å². The first kappa shape index (κ1) is 21.4. The standard InChI is InChI=1S/C24H19NO6S/c1-29-24(26)19-13-10-17(11-14-19)9-12-18-5-2-3-6-20(18)25(32(27)28)21-7-4-8-22-23(21)31-16-15-30-22/h2-8,10-11,13-14H,15-16H2,1H3,(H,27,28). The van der Waals surface area contributed by atoms with E-state index in [4.69, 9.17) is 14.2 Å². The van der Waals surface area contributed by atoms with Crippen LogP contribution in [0.4, 0.5) is 11.4 Å². The molecule has 0 saturated heterocycles. The molecule has 0 saturated carbocycles. The van der Waals surface area contributed by atoms with Crippen molar-refractivity contribution in [3.05, 3.63) is 83.4 Å². The second kappa shape index (κ2) is 9.56. The van der Waals surface area contributed by atoms with E-state index in [2.05, 4.69) is 11.8 Å². The van der Waals surface area contributed by atoms with Gasteiger partial charge in [-0.25, -0.2) is 13.3 Å². The maximum absolute atomic E-state index is 12.4. The Kier molecular flexibility index (Phi) is 6.40. The number of para-hydroxylation sites is 2. The van der Waals surface area contributed by atoms with Crippen LogP contribution in [0.15, 0.2) is 66.7 Å². The van der Waals surface area contributed by atoms with E-state index in [9.17, 15) is 13.6 Å². The predicted molar refractivity (Wildman–Crippen MR) is 121 cm³/mol. The Morgan fingerprint density at radius 2 is 1.69 bits per heavy atom. The summed E-state index contributed by atoms with van der Waals surface area (Å²) in [6.45, 7) is 0.758. The van der Waals surface area contributed by atoms with Gasteiger partial charge >= 0.3 is 5.97 Å². The Morgan fingerprint density at radius 1 is 0.969 bits per heavy atom. The fraction of sp³-hybridized carbons (Fsp3) is 0.125. The number of hydrogen-bond donors (Lipinski definition) is 1. The maximum Gasteiger partial charge on any atom is 0.337 e. The SMILES string of the molecule is COC(=O)c1ccc(C#Cc2ccccc2N(c2cccc3c2OCCO3)S(=O)O)cc1. The molecular weight excluding hydrogens is 430 g/mol. The Hall–Kier alpha value is -3.80. The van der Waals surface area contributed by atoms with Crippen molar-refractivity contribution in [1.29, 1.82) is 0 Å². The predicted octanol–water partition coefficient (Wildman–Crippen LogP) is 3.92. The van der Waals surface area contributed by atoms with E-state index in [1.807, 2.05) is 0 Å². The summed E-state index contributed by atoms with van der Waals surface area (Å²) in [4.78, 5) is 11.6. The van der Waals surface area contributed by atoms with Crippen LogP contribution in [0.5, 0.6) is 11.5 Å². The molecule has 3 aromatic rings. The molecule has 0 aliphatic carbocycles. The lowest BCUT2D eigenvalue weighted by molar-refractivity contribution is 0.0600. The zero-order valence-electron chi connectivity index (χ0n) is 17.1. The largest absolute Gasteiger partial charge is 0.486 e. The van der Waals surface area contributed by atoms with Crippen LogP contribution in [0, 0.1) is 11.8 Å². The van der Waals surface area contributed by atoms with Crippen molar-refractivity contribution in [1.82, 2.24) is 0 Å². The summed E-state index contributed by atoms with van der Waals surface area (Å²) in [6, 6.07) is 18.9. The lowest BCUT2D eigenvalue weighted by Crippen LogP contribution is -2.23. The van der Waals surface area contributed by atoms with Gasteiger partial charge in [0.15, 0.2) is 11.5 Å². The molecule has 4 rings (SSSR count). The van der Waals surface area contributed by atoms with Crippen molar-refractivity contribution in [3.63, 3.8) is 0 Å². The number of nitrogens with zero attached hydrogens (tertiary/aromatic N) is 1. The average molecular weight is 449 g/mol. The van der Waals surface area contributed by atoms with E-state index >= 15 is 0 Å². The molecule has 7 nitrogen and oxygen atoms in total. The fourth-order valence-corrected chi connectivity index (χ4v) is 3.86. The van der Waals surface area contributed by atoms with Crippen molar-refractivity contribution < 1.29 is 27.8 Å². The molecule has 8 heteroatoms. The molecule has 1 N–H and O–H groups in total. The van der Waals surface area contributed by atoms with E-state index < -0.39 is 17.2 Å². The molecule has 0 radical (unpaired) electrons. The van der Waals surface area contributed by atoms with Crippen molar-refractivity contribution in [2.45, 2.75) is 0 Å². The van der Waals surface area contributed by atoms with Gasteiger partial charge in [-0.15, -0.1) is 0 Å². The minimum atomic E-state index is -2.39. The third-order valence-electron chi connectivity index (χ3n) is 4.69. The maximum atomic E-state index is 12.4. The van der Waals surface area contributed by atoms with E-state index in [0.717, 1.165) is 0 Å². The highest BCUT2D eigenvalue weighted by Gasteiger charge is 2.25. The molecule has 32 heavy (non-hydrogen) atoms. The number of fused-ring (bicyclic) bond motifs is 1. The van der Waals surface area contributed by atoms with Crippen LogP contribution < -0.4 is 13.8 Å². The molecule has 162 valence electrons. The van der Waals surface area contributed by atoms with Crippen molar-refractivity contribution >= 4 is 28.6 Å². The number of esters is 1. The summed E-state index contributed by atoms with van der Waals surface area (Å²) < 4.78 is 39.8. The van der Waals surface area contributed by atoms with Crippen LogP contribution in [0.3, 0.4) is 0 Å². The summed E-state index contributed by atoms with van der Waals surface area (Å²) in [5.41, 5.74) is 2.49. The Bertz CT molecular complexity index is 1230. The number of rotatable bonds is 4. The first-order valence-corrected chi connectivity index (χ1v) is 10.7. The minimum Gasteiger partial charge on any atom is -0.486 e. The molecular formula is C24H19NO6S. The molecule has 0 fully saturated rings. The molecule has 0 aromatic heterocycles. The number of anilines is 2. The van der Waals surface area contributed by atoms with Crippen LogP contribution in [-0.4, -0.2) is 35.1 Å². The van der Waals surface area contributed by atoms with Crippen molar-refractivity contribution in [2.75, 3.05) is 24.6 Å². The molecule has 0 amide bonds. The van der Waals surface area contributed by atoms with Gasteiger partial charge in [-0.1, -0.05) is 30.0 Å². The third kappa shape index (κ3) is 4.44. The van der Waals surface area contributed by atoms with Gasteiger partial charge in [0, 0.05) is 11.1 Å². The number of ether oxygens (including phenoxy) is 3. The van der Waals surface area contributed by atoms with Crippen LogP contribution in [0.25, 0.3) is 0 Å². The highest BCUT2D eigenvalue weighted by Crippen LogP contribution is 2.43. The Morgan fingerprint density at radius 3 is 2.44 bits per heavy atom. The number of methoxy groups -OCH3 is 1. The molecule has 1 aliphatic rings. The van der Waals surface area contributed by atoms with Crippen LogP contribution >= 0.6 is 0 Å². The van der Waals surface area contributed by atoms with Crippen LogP contribution in [0.2, 0.25) is 0 Å². The van der Waals surface area contributed by atoms with Crippen molar-refractivity contribution in [2.24, 2.45) is 0 Å². The Labute approximate surface area is 188 Å². The number of benzene rings is 3. The quantitative estimate of drug-likeness (QED) is 0.369. The van der Waals surface area contributed by atoms with Gasteiger partial charge in [-0.05, 0) is 48.5 Å². The second-order valence-electron chi connectivity index (χ2n) is 6.66. The normalized spacial score (nSPS) is 12.8. The lowest BCUT2D eigenvalue weighted by atomic mass is 10.1. The first-order chi connectivity index (χ1) is 15.6. The first-order valence-electron chi connectivity index (χ1n) is 9.67. The molecule has 1 unspecified atom stereocenters. The smallest absolute Gasteiger partial charge is 0.337 e. The summed E-state index contributed by atoms with van der Waals surface area (Å²) in [6.07, 6.45) is 0. The van der Waals surface area contributed by atoms with Gasteiger partial charge in [0.05, 0.1) is 18.4 Å². The highest BCUT2D eigenvalue weighted by molar-refractivity contribution is 7.81. The van der Waals surface area contributed by atoms with Gasteiger partial charge < -0.3 is 14.2 Å². The van der Waals surface area contributed by atoms with E-state index in [0.29, 0.717) is 52.8 Å². The van der Waals surface area contributed by atoms with Gasteiger partial charge in [-0.3, -0.25) is 4.55 Å². The van der Waals surface area contributed by atoms with Gasteiger partial charge in [0.25, 0.3) is 11.3 Å². The van der Waals surface area contributed by atoms with Crippen LogP contribution in [-0.2, 0) is 16.0 Å². The summed E-state index contributed by atoms with van der Waals surface area (Å²) in [5, 5.41) is 0. The van der Waals surface area contributed by atoms with E-state index in [1.165, 1.54) is 11.4 Å². The topological polar surface area (TPSA) is 85.3 Å². The monoisotopic (exact) mass is 449 g/mol. The van der Waals surface area contributed by atoms with E-state index in [-0.39, 0.29) is 0 Å². The summed E-state index contributed by atoms with van der Waals surface area (Å²) in [7, 11) is 1.32. The third-order valence-corrected chi connectivity index (χ3v) is 5.40. The molecule has 3 aromatic carbocycles. The highest BCUT2D eigenvalue weighted by atomic mass is 32.2. The molecule has 1 aliphatic heterocycles. The van der Waals surface area contributed by atoms with Gasteiger partial charge in [0.2, 0.25) is 0 Å². The molecule has 1 heterocycles. The molecule has 0 bridgehead atoms. The fourth-order valence-electron chi connectivity index (χ4n) is 3.22.